The monoisotopic (exact) mass is 383 g/mol. The summed E-state index contributed by atoms with van der Waals surface area (Å²) in [5.74, 6) is 0.174. The highest BCUT2D eigenvalue weighted by atomic mass is 79.9. The van der Waals surface area contributed by atoms with E-state index in [2.05, 4.69) is 36.3 Å². The zero-order valence-electron chi connectivity index (χ0n) is 10.8. The predicted molar refractivity (Wildman–Crippen MR) is 80.5 cm³/mol. The van der Waals surface area contributed by atoms with E-state index in [1.165, 1.54) is 0 Å². The van der Waals surface area contributed by atoms with Crippen molar-refractivity contribution in [1.82, 2.24) is 20.4 Å². The van der Waals surface area contributed by atoms with E-state index in [9.17, 15) is 10.1 Å². The molecule has 10 heteroatoms. The molecule has 2 heterocycles. The van der Waals surface area contributed by atoms with E-state index in [0.29, 0.717) is 17.3 Å². The number of aromatic nitrogens is 4. The summed E-state index contributed by atoms with van der Waals surface area (Å²) in [6.07, 6.45) is 0.400. The van der Waals surface area contributed by atoms with Crippen LogP contribution in [0.3, 0.4) is 0 Å². The quantitative estimate of drug-likeness (QED) is 0.545. The molecule has 2 aromatic heterocycles. The molecule has 1 aromatic carbocycles. The minimum absolute atomic E-state index is 0.0910. The molecule has 0 saturated heterocycles. The molecule has 0 saturated carbocycles. The van der Waals surface area contributed by atoms with Gasteiger partial charge in [-0.1, -0.05) is 28.8 Å². The molecule has 0 aliphatic rings. The van der Waals surface area contributed by atoms with Crippen LogP contribution >= 0.6 is 27.5 Å². The minimum Gasteiger partial charge on any atom is -0.419 e. The fraction of sp³-hybridized carbons (Fsp3) is 0.0833. The van der Waals surface area contributed by atoms with Gasteiger partial charge >= 0.3 is 5.82 Å². The summed E-state index contributed by atoms with van der Waals surface area (Å²) in [6.45, 7) is 0. The van der Waals surface area contributed by atoms with Crippen molar-refractivity contribution in [1.29, 1.82) is 0 Å². The Morgan fingerprint density at radius 2 is 2.23 bits per heavy atom. The highest BCUT2D eigenvalue weighted by Crippen LogP contribution is 2.32. The Kier molecular flexibility index (Phi) is 3.90. The molecule has 112 valence electrons. The number of rotatable bonds is 4. The van der Waals surface area contributed by atoms with Gasteiger partial charge in [-0.25, -0.2) is 0 Å². The first kappa shape index (κ1) is 14.7. The zero-order chi connectivity index (χ0) is 15.7. The van der Waals surface area contributed by atoms with Gasteiger partial charge in [0.15, 0.2) is 5.69 Å². The number of nitro groups is 1. The minimum atomic E-state index is -0.593. The van der Waals surface area contributed by atoms with Crippen LogP contribution in [0.2, 0.25) is 5.02 Å². The second kappa shape index (κ2) is 5.85. The smallest absolute Gasteiger partial charge is 0.357 e. The van der Waals surface area contributed by atoms with Crippen molar-refractivity contribution in [3.05, 3.63) is 55.3 Å². The van der Waals surface area contributed by atoms with Gasteiger partial charge in [-0.15, -0.1) is 15.3 Å². The van der Waals surface area contributed by atoms with Gasteiger partial charge in [0.2, 0.25) is 5.89 Å². The summed E-state index contributed by atoms with van der Waals surface area (Å²) in [4.78, 5) is 10.2. The van der Waals surface area contributed by atoms with Crippen molar-refractivity contribution < 1.29 is 9.34 Å². The van der Waals surface area contributed by atoms with E-state index < -0.39 is 4.92 Å². The molecular formula is C12H7BrClN5O3. The van der Waals surface area contributed by atoms with Crippen LogP contribution < -0.4 is 0 Å². The maximum Gasteiger partial charge on any atom is 0.357 e. The lowest BCUT2D eigenvalue weighted by molar-refractivity contribution is -0.390. The van der Waals surface area contributed by atoms with Crippen LogP contribution in [0.25, 0.3) is 11.6 Å². The van der Waals surface area contributed by atoms with Crippen LogP contribution in [-0.4, -0.2) is 25.3 Å². The summed E-state index contributed by atoms with van der Waals surface area (Å²) in [7, 11) is 0. The Morgan fingerprint density at radius 1 is 1.41 bits per heavy atom. The summed E-state index contributed by atoms with van der Waals surface area (Å²) in [6, 6.07) is 7.26. The average Bonchev–Trinajstić information content (AvgIpc) is 3.05. The summed E-state index contributed by atoms with van der Waals surface area (Å²) < 4.78 is 5.65. The van der Waals surface area contributed by atoms with E-state index in [1.807, 2.05) is 12.1 Å². The standard InChI is InChI=1S/C12H7BrClN5O3/c13-9-10(16-17-11(9)19(20)21)12-18-15-8(22-12)5-6-2-1-3-7(14)4-6/h1-4H,5H2,(H,16,17). The molecule has 0 aliphatic heterocycles. The number of aromatic amines is 1. The molecule has 0 unspecified atom stereocenters. The van der Waals surface area contributed by atoms with Crippen molar-refractivity contribution in [3.63, 3.8) is 0 Å². The third kappa shape index (κ3) is 2.85. The Labute approximate surface area is 136 Å². The van der Waals surface area contributed by atoms with E-state index in [4.69, 9.17) is 16.0 Å². The molecule has 0 spiro atoms. The lowest BCUT2D eigenvalue weighted by Crippen LogP contribution is -1.87. The van der Waals surface area contributed by atoms with Crippen LogP contribution in [0.15, 0.2) is 33.2 Å². The van der Waals surface area contributed by atoms with Crippen molar-refractivity contribution in [3.8, 4) is 11.6 Å². The van der Waals surface area contributed by atoms with E-state index in [1.54, 1.807) is 12.1 Å². The predicted octanol–water partition coefficient (Wildman–Crippen LogP) is 3.37. The summed E-state index contributed by atoms with van der Waals surface area (Å²) >= 11 is 9.01. The number of halogens is 2. The van der Waals surface area contributed by atoms with Gasteiger partial charge in [-0.2, -0.15) is 0 Å². The molecule has 3 rings (SSSR count). The Hall–Kier alpha value is -2.26. The molecule has 0 radical (unpaired) electrons. The van der Waals surface area contributed by atoms with E-state index in [-0.39, 0.29) is 21.9 Å². The fourth-order valence-electron chi connectivity index (χ4n) is 1.82. The van der Waals surface area contributed by atoms with Crippen LogP contribution in [0.1, 0.15) is 11.5 Å². The molecule has 3 aromatic rings. The van der Waals surface area contributed by atoms with Crippen LogP contribution in [0.5, 0.6) is 0 Å². The largest absolute Gasteiger partial charge is 0.419 e. The first-order chi connectivity index (χ1) is 10.5. The SMILES string of the molecule is O=[N+]([O-])c1[nH]nc(-c2nnc(Cc3cccc(Cl)c3)o2)c1Br. The van der Waals surface area contributed by atoms with Gasteiger partial charge in [-0.05, 0) is 38.5 Å². The second-order valence-electron chi connectivity index (χ2n) is 4.30. The van der Waals surface area contributed by atoms with E-state index >= 15 is 0 Å². The fourth-order valence-corrected chi connectivity index (χ4v) is 2.53. The third-order valence-electron chi connectivity index (χ3n) is 2.79. The molecule has 0 amide bonds. The van der Waals surface area contributed by atoms with Gasteiger partial charge in [-0.3, -0.25) is 0 Å². The summed E-state index contributed by atoms with van der Waals surface area (Å²) in [5, 5.41) is 25.3. The Morgan fingerprint density at radius 3 is 2.91 bits per heavy atom. The van der Waals surface area contributed by atoms with Gasteiger partial charge in [0, 0.05) is 5.02 Å². The molecule has 8 nitrogen and oxygen atoms in total. The van der Waals surface area contributed by atoms with Crippen LogP contribution in [0.4, 0.5) is 5.82 Å². The van der Waals surface area contributed by atoms with Gasteiger partial charge in [0.1, 0.15) is 4.47 Å². The lowest BCUT2D eigenvalue weighted by atomic mass is 10.1. The molecule has 0 atom stereocenters. The van der Waals surface area contributed by atoms with Crippen molar-refractivity contribution in [2.45, 2.75) is 6.42 Å². The van der Waals surface area contributed by atoms with Crippen molar-refractivity contribution in [2.24, 2.45) is 0 Å². The third-order valence-corrected chi connectivity index (χ3v) is 3.77. The molecule has 22 heavy (non-hydrogen) atoms. The highest BCUT2D eigenvalue weighted by Gasteiger charge is 2.24. The number of nitrogens with one attached hydrogen (secondary N) is 1. The molecular weight excluding hydrogens is 378 g/mol. The van der Waals surface area contributed by atoms with Gasteiger partial charge in [0.25, 0.3) is 5.89 Å². The lowest BCUT2D eigenvalue weighted by Gasteiger charge is -1.96. The number of nitrogens with zero attached hydrogens (tertiary/aromatic N) is 4. The average molecular weight is 385 g/mol. The number of H-pyrrole nitrogens is 1. The maximum atomic E-state index is 10.8. The number of hydrogen-bond acceptors (Lipinski definition) is 6. The molecule has 0 aliphatic carbocycles. The second-order valence-corrected chi connectivity index (χ2v) is 5.53. The number of benzene rings is 1. The van der Waals surface area contributed by atoms with Crippen molar-refractivity contribution in [2.75, 3.05) is 0 Å². The molecule has 0 fully saturated rings. The normalized spacial score (nSPS) is 10.8. The van der Waals surface area contributed by atoms with E-state index in [0.717, 1.165) is 5.56 Å². The first-order valence-electron chi connectivity index (χ1n) is 6.00. The Bertz CT molecular complexity index is 847. The first-order valence-corrected chi connectivity index (χ1v) is 7.17. The Balaban J connectivity index is 1.86. The number of hydrogen-bond donors (Lipinski definition) is 1. The summed E-state index contributed by atoms with van der Waals surface area (Å²) in [5.41, 5.74) is 1.10. The van der Waals surface area contributed by atoms with Crippen LogP contribution in [-0.2, 0) is 6.42 Å². The van der Waals surface area contributed by atoms with Gasteiger partial charge < -0.3 is 14.5 Å². The molecule has 0 bridgehead atoms. The van der Waals surface area contributed by atoms with Gasteiger partial charge in [0.05, 0.1) is 6.42 Å². The zero-order valence-corrected chi connectivity index (χ0v) is 13.1. The maximum absolute atomic E-state index is 10.8. The van der Waals surface area contributed by atoms with Crippen molar-refractivity contribution >= 4 is 33.3 Å². The topological polar surface area (TPSA) is 111 Å². The molecule has 1 N–H and O–H groups in total. The van der Waals surface area contributed by atoms with Crippen LogP contribution in [0, 0.1) is 10.1 Å². The highest BCUT2D eigenvalue weighted by molar-refractivity contribution is 9.10.